The van der Waals surface area contributed by atoms with Gasteiger partial charge in [-0.2, -0.15) is 5.10 Å². The molecular formula is C9H13N3O. The van der Waals surface area contributed by atoms with Crippen LogP contribution in [-0.4, -0.2) is 22.7 Å². The molecule has 13 heavy (non-hydrogen) atoms. The maximum atomic E-state index is 11.4. The Labute approximate surface area is 77.3 Å². The fourth-order valence-electron chi connectivity index (χ4n) is 1.20. The zero-order valence-electron chi connectivity index (χ0n) is 7.87. The number of aromatic nitrogens is 2. The van der Waals surface area contributed by atoms with Gasteiger partial charge in [0.2, 0.25) is 0 Å². The SMILES string of the molecule is C=CCc1cnn(C)c1C(=O)NC. The topological polar surface area (TPSA) is 46.9 Å². The molecule has 0 spiro atoms. The van der Waals surface area contributed by atoms with Crippen LogP contribution >= 0.6 is 0 Å². The van der Waals surface area contributed by atoms with Crippen LogP contribution in [0.4, 0.5) is 0 Å². The molecule has 0 unspecified atom stereocenters. The van der Waals surface area contributed by atoms with Gasteiger partial charge in [0.05, 0.1) is 6.20 Å². The number of amides is 1. The monoisotopic (exact) mass is 179 g/mol. The van der Waals surface area contributed by atoms with Gasteiger partial charge < -0.3 is 5.32 Å². The van der Waals surface area contributed by atoms with E-state index in [9.17, 15) is 4.79 Å². The quantitative estimate of drug-likeness (QED) is 0.687. The van der Waals surface area contributed by atoms with E-state index in [1.165, 1.54) is 0 Å². The highest BCUT2D eigenvalue weighted by Gasteiger charge is 2.13. The molecule has 1 N–H and O–H groups in total. The van der Waals surface area contributed by atoms with Gasteiger partial charge in [0.1, 0.15) is 5.69 Å². The normalized spacial score (nSPS) is 9.69. The van der Waals surface area contributed by atoms with E-state index in [0.717, 1.165) is 5.56 Å². The Morgan fingerprint density at radius 1 is 1.85 bits per heavy atom. The highest BCUT2D eigenvalue weighted by Crippen LogP contribution is 2.08. The standard InChI is InChI=1S/C9H13N3O/c1-4-5-7-6-11-12(3)8(7)9(13)10-2/h4,6H,1,5H2,2-3H3,(H,10,13). The Hall–Kier alpha value is -1.58. The maximum Gasteiger partial charge on any atom is 0.269 e. The summed E-state index contributed by atoms with van der Waals surface area (Å²) in [7, 11) is 3.35. The number of carbonyl (C=O) groups excluding carboxylic acids is 1. The Balaban J connectivity index is 3.07. The van der Waals surface area contributed by atoms with E-state index in [1.54, 1.807) is 31.1 Å². The van der Waals surface area contributed by atoms with Crippen molar-refractivity contribution in [3.63, 3.8) is 0 Å². The van der Waals surface area contributed by atoms with Crippen molar-refractivity contribution in [2.24, 2.45) is 7.05 Å². The first-order chi connectivity index (χ1) is 6.20. The van der Waals surface area contributed by atoms with Gasteiger partial charge in [-0.3, -0.25) is 9.48 Å². The molecule has 0 aliphatic rings. The molecule has 1 heterocycles. The lowest BCUT2D eigenvalue weighted by Crippen LogP contribution is -2.22. The summed E-state index contributed by atoms with van der Waals surface area (Å²) in [6.07, 6.45) is 4.10. The van der Waals surface area contributed by atoms with Crippen LogP contribution in [0.2, 0.25) is 0 Å². The van der Waals surface area contributed by atoms with Crippen LogP contribution in [0.15, 0.2) is 18.9 Å². The highest BCUT2D eigenvalue weighted by atomic mass is 16.1. The van der Waals surface area contributed by atoms with Gasteiger partial charge in [-0.05, 0) is 6.42 Å². The summed E-state index contributed by atoms with van der Waals surface area (Å²) < 4.78 is 1.57. The van der Waals surface area contributed by atoms with Crippen LogP contribution in [0.5, 0.6) is 0 Å². The molecular weight excluding hydrogens is 166 g/mol. The third-order valence-corrected chi connectivity index (χ3v) is 1.82. The third-order valence-electron chi connectivity index (χ3n) is 1.82. The predicted molar refractivity (Wildman–Crippen MR) is 50.5 cm³/mol. The lowest BCUT2D eigenvalue weighted by molar-refractivity contribution is 0.0953. The Morgan fingerprint density at radius 2 is 2.54 bits per heavy atom. The van der Waals surface area contributed by atoms with E-state index in [2.05, 4.69) is 17.0 Å². The van der Waals surface area contributed by atoms with Gasteiger partial charge in [0.25, 0.3) is 5.91 Å². The first-order valence-electron chi connectivity index (χ1n) is 4.04. The molecule has 0 bridgehead atoms. The van der Waals surface area contributed by atoms with Gasteiger partial charge in [0, 0.05) is 19.7 Å². The summed E-state index contributed by atoms with van der Waals surface area (Å²) in [5, 5.41) is 6.59. The van der Waals surface area contributed by atoms with Crippen molar-refractivity contribution in [1.82, 2.24) is 15.1 Å². The van der Waals surface area contributed by atoms with Crippen molar-refractivity contribution in [3.05, 3.63) is 30.1 Å². The zero-order valence-corrected chi connectivity index (χ0v) is 7.87. The number of hydrogen-bond donors (Lipinski definition) is 1. The number of carbonyl (C=O) groups is 1. The van der Waals surface area contributed by atoms with Gasteiger partial charge >= 0.3 is 0 Å². The van der Waals surface area contributed by atoms with Crippen LogP contribution in [-0.2, 0) is 13.5 Å². The smallest absolute Gasteiger partial charge is 0.269 e. The minimum absolute atomic E-state index is 0.114. The largest absolute Gasteiger partial charge is 0.354 e. The second-order valence-electron chi connectivity index (χ2n) is 2.71. The Morgan fingerprint density at radius 3 is 3.08 bits per heavy atom. The minimum atomic E-state index is -0.114. The van der Waals surface area contributed by atoms with Crippen LogP contribution in [0.1, 0.15) is 16.1 Å². The van der Waals surface area contributed by atoms with Crippen molar-refractivity contribution in [1.29, 1.82) is 0 Å². The summed E-state index contributed by atoms with van der Waals surface area (Å²) >= 11 is 0. The average molecular weight is 179 g/mol. The maximum absolute atomic E-state index is 11.4. The van der Waals surface area contributed by atoms with Crippen LogP contribution < -0.4 is 5.32 Å². The number of rotatable bonds is 3. The molecule has 0 fully saturated rings. The first-order valence-corrected chi connectivity index (χ1v) is 4.04. The number of hydrogen-bond acceptors (Lipinski definition) is 2. The zero-order chi connectivity index (χ0) is 9.84. The lowest BCUT2D eigenvalue weighted by Gasteiger charge is -2.02. The molecule has 4 nitrogen and oxygen atoms in total. The molecule has 1 amide bonds. The van der Waals surface area contributed by atoms with E-state index in [-0.39, 0.29) is 5.91 Å². The Kier molecular flexibility index (Phi) is 2.84. The van der Waals surface area contributed by atoms with Crippen LogP contribution in [0.25, 0.3) is 0 Å². The average Bonchev–Trinajstić information content (AvgIpc) is 2.47. The molecule has 0 aromatic carbocycles. The number of allylic oxidation sites excluding steroid dienone is 1. The second-order valence-corrected chi connectivity index (χ2v) is 2.71. The summed E-state index contributed by atoms with van der Waals surface area (Å²) in [5.41, 5.74) is 1.50. The van der Waals surface area contributed by atoms with E-state index in [4.69, 9.17) is 0 Å². The molecule has 0 atom stereocenters. The van der Waals surface area contributed by atoms with E-state index >= 15 is 0 Å². The molecule has 1 aromatic heterocycles. The summed E-state index contributed by atoms with van der Waals surface area (Å²) in [6, 6.07) is 0. The van der Waals surface area contributed by atoms with Crippen LogP contribution in [0.3, 0.4) is 0 Å². The molecule has 0 saturated heterocycles. The summed E-state index contributed by atoms with van der Waals surface area (Å²) in [4.78, 5) is 11.4. The highest BCUT2D eigenvalue weighted by molar-refractivity contribution is 5.93. The van der Waals surface area contributed by atoms with Gasteiger partial charge in [0.15, 0.2) is 0 Å². The number of aryl methyl sites for hydroxylation is 1. The van der Waals surface area contributed by atoms with Crippen molar-refractivity contribution in [3.8, 4) is 0 Å². The molecule has 0 saturated carbocycles. The molecule has 0 aliphatic carbocycles. The predicted octanol–water partition coefficient (Wildman–Crippen LogP) is 0.508. The van der Waals surface area contributed by atoms with Crippen molar-refractivity contribution in [2.75, 3.05) is 7.05 Å². The van der Waals surface area contributed by atoms with Gasteiger partial charge in [-0.1, -0.05) is 6.08 Å². The lowest BCUT2D eigenvalue weighted by atomic mass is 10.2. The fourth-order valence-corrected chi connectivity index (χ4v) is 1.20. The van der Waals surface area contributed by atoms with Crippen molar-refractivity contribution >= 4 is 5.91 Å². The summed E-state index contributed by atoms with van der Waals surface area (Å²) in [5.74, 6) is -0.114. The van der Waals surface area contributed by atoms with Crippen molar-refractivity contribution in [2.45, 2.75) is 6.42 Å². The molecule has 1 rings (SSSR count). The molecule has 0 aliphatic heterocycles. The molecule has 70 valence electrons. The van der Waals surface area contributed by atoms with Crippen molar-refractivity contribution < 1.29 is 4.79 Å². The second kappa shape index (κ2) is 3.89. The molecule has 0 radical (unpaired) electrons. The number of nitrogens with zero attached hydrogens (tertiary/aromatic N) is 2. The third kappa shape index (κ3) is 1.77. The van der Waals surface area contributed by atoms with Gasteiger partial charge in [-0.15, -0.1) is 6.58 Å². The molecule has 1 aromatic rings. The Bertz CT molecular complexity index is 328. The van der Waals surface area contributed by atoms with E-state index in [1.807, 2.05) is 0 Å². The van der Waals surface area contributed by atoms with E-state index in [0.29, 0.717) is 12.1 Å². The van der Waals surface area contributed by atoms with Crippen LogP contribution in [0, 0.1) is 0 Å². The summed E-state index contributed by atoms with van der Waals surface area (Å²) in [6.45, 7) is 3.62. The molecule has 4 heteroatoms. The van der Waals surface area contributed by atoms with E-state index < -0.39 is 0 Å². The number of nitrogens with one attached hydrogen (secondary N) is 1. The van der Waals surface area contributed by atoms with Gasteiger partial charge in [-0.25, -0.2) is 0 Å². The minimum Gasteiger partial charge on any atom is -0.354 e. The fraction of sp³-hybridized carbons (Fsp3) is 0.333. The first kappa shape index (κ1) is 9.51.